The summed E-state index contributed by atoms with van der Waals surface area (Å²) in [5.41, 5.74) is 2.69. The second kappa shape index (κ2) is 7.47. The third kappa shape index (κ3) is 3.32. The molecular formula is C23H30N2O4. The zero-order valence-electron chi connectivity index (χ0n) is 17.7. The van der Waals surface area contributed by atoms with Crippen LogP contribution >= 0.6 is 0 Å². The molecule has 1 N–H and O–H groups in total. The highest BCUT2D eigenvalue weighted by molar-refractivity contribution is 6.06. The quantitative estimate of drug-likeness (QED) is 0.745. The zero-order valence-corrected chi connectivity index (χ0v) is 17.7. The van der Waals surface area contributed by atoms with Crippen LogP contribution in [0.1, 0.15) is 56.6 Å². The summed E-state index contributed by atoms with van der Waals surface area (Å²) in [6, 6.07) is 3.88. The Bertz CT molecular complexity index is 835. The van der Waals surface area contributed by atoms with Crippen LogP contribution in [0, 0.1) is 30.6 Å². The Kier molecular flexibility index (Phi) is 5.13. The molecule has 29 heavy (non-hydrogen) atoms. The lowest BCUT2D eigenvalue weighted by Gasteiger charge is -2.19. The lowest BCUT2D eigenvalue weighted by Crippen LogP contribution is -2.35. The van der Waals surface area contributed by atoms with Crippen LogP contribution in [0.5, 0.6) is 5.75 Å². The Morgan fingerprint density at radius 3 is 2.34 bits per heavy atom. The van der Waals surface area contributed by atoms with Crippen LogP contribution in [0.3, 0.4) is 0 Å². The molecule has 4 atom stereocenters. The summed E-state index contributed by atoms with van der Waals surface area (Å²) in [6.45, 7) is 6.25. The number of hydrogen-bond acceptors (Lipinski definition) is 4. The molecule has 2 saturated carbocycles. The Balaban J connectivity index is 1.40. The van der Waals surface area contributed by atoms with Crippen LogP contribution in [0.25, 0.3) is 0 Å². The Morgan fingerprint density at radius 2 is 1.79 bits per heavy atom. The van der Waals surface area contributed by atoms with E-state index in [1.165, 1.54) is 4.90 Å². The maximum Gasteiger partial charge on any atom is 0.233 e. The molecule has 0 radical (unpaired) electrons. The van der Waals surface area contributed by atoms with E-state index in [1.54, 1.807) is 7.11 Å². The number of carbonyl (C=O) groups is 3. The van der Waals surface area contributed by atoms with Crippen molar-refractivity contribution in [2.24, 2.45) is 23.7 Å². The normalized spacial score (nSPS) is 27.7. The van der Waals surface area contributed by atoms with Gasteiger partial charge in [0.15, 0.2) is 0 Å². The van der Waals surface area contributed by atoms with E-state index in [9.17, 15) is 14.4 Å². The zero-order chi connectivity index (χ0) is 20.9. The molecule has 0 aromatic heterocycles. The van der Waals surface area contributed by atoms with Crippen LogP contribution in [-0.4, -0.2) is 36.3 Å². The van der Waals surface area contributed by atoms with Gasteiger partial charge in [-0.05, 0) is 67.2 Å². The van der Waals surface area contributed by atoms with E-state index in [0.717, 1.165) is 41.8 Å². The molecule has 1 aliphatic heterocycles. The van der Waals surface area contributed by atoms with Gasteiger partial charge in [-0.1, -0.05) is 13.8 Å². The number of rotatable bonds is 6. The lowest BCUT2D eigenvalue weighted by molar-refractivity contribution is -0.140. The summed E-state index contributed by atoms with van der Waals surface area (Å²) >= 11 is 0. The standard InChI is InChI=1S/C23H30N2O4/c1-12(2)16-11-17(13(3)9-18(16)29-4)24-19(26)7-8-25-22(27)20-14-5-6-15(10-14)21(20)23(25)28/h9,11-12,14-15,20-21H,5-8,10H2,1-4H3,(H,24,26)/t14-,15-,20-,21+/m0/s1. The number of benzene rings is 1. The summed E-state index contributed by atoms with van der Waals surface area (Å²) in [6.07, 6.45) is 3.27. The molecule has 2 aliphatic carbocycles. The van der Waals surface area contributed by atoms with E-state index in [-0.39, 0.29) is 48.4 Å². The van der Waals surface area contributed by atoms with Crippen LogP contribution in [0.2, 0.25) is 0 Å². The molecule has 4 rings (SSSR count). The fourth-order valence-electron chi connectivity index (χ4n) is 5.58. The minimum absolute atomic E-state index is 0.0530. The van der Waals surface area contributed by atoms with Gasteiger partial charge in [-0.25, -0.2) is 0 Å². The summed E-state index contributed by atoms with van der Waals surface area (Å²) in [5, 5.41) is 2.95. The lowest BCUT2D eigenvalue weighted by atomic mass is 9.81. The number of imide groups is 1. The highest BCUT2D eigenvalue weighted by Crippen LogP contribution is 2.56. The van der Waals surface area contributed by atoms with Crippen molar-refractivity contribution in [3.8, 4) is 5.75 Å². The van der Waals surface area contributed by atoms with Crippen molar-refractivity contribution >= 4 is 23.4 Å². The number of amides is 3. The summed E-state index contributed by atoms with van der Waals surface area (Å²) < 4.78 is 5.45. The Morgan fingerprint density at radius 1 is 1.17 bits per heavy atom. The molecule has 1 aromatic rings. The third-order valence-electron chi connectivity index (χ3n) is 7.05. The largest absolute Gasteiger partial charge is 0.496 e. The van der Waals surface area contributed by atoms with Gasteiger partial charge in [-0.3, -0.25) is 19.3 Å². The van der Waals surface area contributed by atoms with Crippen molar-refractivity contribution in [2.75, 3.05) is 19.0 Å². The van der Waals surface area contributed by atoms with Crippen LogP contribution in [-0.2, 0) is 14.4 Å². The Labute approximate surface area is 172 Å². The average molecular weight is 399 g/mol. The highest BCUT2D eigenvalue weighted by Gasteiger charge is 2.60. The number of likely N-dealkylation sites (tertiary alicyclic amines) is 1. The van der Waals surface area contributed by atoms with E-state index >= 15 is 0 Å². The first-order valence-corrected chi connectivity index (χ1v) is 10.7. The molecule has 3 amide bonds. The van der Waals surface area contributed by atoms with Gasteiger partial charge in [0.25, 0.3) is 0 Å². The summed E-state index contributed by atoms with van der Waals surface area (Å²) in [5.74, 6) is 1.27. The minimum atomic E-state index is -0.186. The molecule has 156 valence electrons. The van der Waals surface area contributed by atoms with Gasteiger partial charge >= 0.3 is 0 Å². The van der Waals surface area contributed by atoms with Crippen molar-refractivity contribution < 1.29 is 19.1 Å². The van der Waals surface area contributed by atoms with Crippen molar-refractivity contribution in [3.63, 3.8) is 0 Å². The highest BCUT2D eigenvalue weighted by atomic mass is 16.5. The van der Waals surface area contributed by atoms with Gasteiger partial charge in [0, 0.05) is 18.7 Å². The molecule has 1 saturated heterocycles. The molecule has 1 heterocycles. The first-order chi connectivity index (χ1) is 13.8. The third-order valence-corrected chi connectivity index (χ3v) is 7.05. The maximum atomic E-state index is 12.8. The van der Waals surface area contributed by atoms with E-state index in [0.29, 0.717) is 11.8 Å². The van der Waals surface area contributed by atoms with Gasteiger partial charge in [0.1, 0.15) is 5.75 Å². The van der Waals surface area contributed by atoms with E-state index in [2.05, 4.69) is 19.2 Å². The van der Waals surface area contributed by atoms with E-state index < -0.39 is 0 Å². The molecule has 3 aliphatic rings. The number of ether oxygens (including phenoxy) is 1. The number of nitrogens with zero attached hydrogens (tertiary/aromatic N) is 1. The number of methoxy groups -OCH3 is 1. The topological polar surface area (TPSA) is 75.7 Å². The number of aryl methyl sites for hydroxylation is 1. The first-order valence-electron chi connectivity index (χ1n) is 10.7. The summed E-state index contributed by atoms with van der Waals surface area (Å²) in [7, 11) is 1.64. The van der Waals surface area contributed by atoms with Gasteiger partial charge in [-0.15, -0.1) is 0 Å². The number of fused-ring (bicyclic) bond motifs is 5. The van der Waals surface area contributed by atoms with E-state index in [1.807, 2.05) is 19.1 Å². The average Bonchev–Trinajstić information content (AvgIpc) is 3.35. The molecule has 2 bridgehead atoms. The minimum Gasteiger partial charge on any atom is -0.496 e. The first kappa shape index (κ1) is 19.9. The second-order valence-electron chi connectivity index (χ2n) is 9.07. The number of anilines is 1. The second-order valence-corrected chi connectivity index (χ2v) is 9.07. The predicted molar refractivity (Wildman–Crippen MR) is 110 cm³/mol. The monoisotopic (exact) mass is 398 g/mol. The van der Waals surface area contributed by atoms with E-state index in [4.69, 9.17) is 4.74 Å². The summed E-state index contributed by atoms with van der Waals surface area (Å²) in [4.78, 5) is 39.4. The van der Waals surface area contributed by atoms with Gasteiger partial charge in [0.05, 0.1) is 18.9 Å². The van der Waals surface area contributed by atoms with Crippen molar-refractivity contribution in [3.05, 3.63) is 23.3 Å². The van der Waals surface area contributed by atoms with Gasteiger partial charge < -0.3 is 10.1 Å². The molecule has 0 unspecified atom stereocenters. The van der Waals surface area contributed by atoms with Crippen LogP contribution in [0.15, 0.2) is 12.1 Å². The fraction of sp³-hybridized carbons (Fsp3) is 0.609. The molecular weight excluding hydrogens is 368 g/mol. The van der Waals surface area contributed by atoms with Crippen LogP contribution in [0.4, 0.5) is 5.69 Å². The maximum absolute atomic E-state index is 12.8. The SMILES string of the molecule is COc1cc(C)c(NC(=O)CCN2C(=O)[C@@H]3[C@H]4CC[C@@H](C4)[C@@H]3C2=O)cc1C(C)C. The fourth-order valence-corrected chi connectivity index (χ4v) is 5.58. The van der Waals surface area contributed by atoms with Crippen molar-refractivity contribution in [2.45, 2.75) is 52.4 Å². The predicted octanol–water partition coefficient (Wildman–Crippen LogP) is 3.49. The molecule has 6 nitrogen and oxygen atoms in total. The number of carbonyl (C=O) groups excluding carboxylic acids is 3. The molecule has 3 fully saturated rings. The molecule has 0 spiro atoms. The van der Waals surface area contributed by atoms with Crippen molar-refractivity contribution in [1.29, 1.82) is 0 Å². The smallest absolute Gasteiger partial charge is 0.233 e. The van der Waals surface area contributed by atoms with Crippen LogP contribution < -0.4 is 10.1 Å². The number of nitrogens with one attached hydrogen (secondary N) is 1. The van der Waals surface area contributed by atoms with Crippen molar-refractivity contribution in [1.82, 2.24) is 4.90 Å². The molecule has 6 heteroatoms. The Hall–Kier alpha value is -2.37. The number of hydrogen-bond donors (Lipinski definition) is 1. The molecule has 1 aromatic carbocycles. The van der Waals surface area contributed by atoms with Gasteiger partial charge in [0.2, 0.25) is 17.7 Å². The van der Waals surface area contributed by atoms with Gasteiger partial charge in [-0.2, -0.15) is 0 Å².